The molecule has 4 rings (SSSR count). The number of pyridine rings is 1. The minimum Gasteiger partial charge on any atom is -0.507 e. The summed E-state index contributed by atoms with van der Waals surface area (Å²) in [6.07, 6.45) is 3.08. The number of aromatic nitrogens is 3. The van der Waals surface area contributed by atoms with Crippen LogP contribution >= 0.6 is 15.9 Å². The van der Waals surface area contributed by atoms with Crippen LogP contribution in [0.2, 0.25) is 0 Å². The maximum atomic E-state index is 12.5. The predicted octanol–water partition coefficient (Wildman–Crippen LogP) is 3.72. The minimum absolute atomic E-state index is 0.0221. The molecule has 0 aliphatic heterocycles. The first-order chi connectivity index (χ1) is 14.1. The molecule has 0 saturated carbocycles. The topological polar surface area (TPSA) is 92.4 Å². The molecular formula is C21H16BrN5O2. The number of phenols is 1. The number of carbonyl (C=O) groups excluding carboxylic acids is 1. The average Bonchev–Trinajstić information content (AvgIpc) is 3.10. The maximum Gasteiger partial charge on any atom is 0.260 e. The summed E-state index contributed by atoms with van der Waals surface area (Å²) in [5, 5.41) is 13.8. The molecule has 2 heterocycles. The molecule has 4 aromatic rings. The molecule has 2 aromatic carbocycles. The van der Waals surface area contributed by atoms with Gasteiger partial charge in [-0.3, -0.25) is 9.78 Å². The number of imidazole rings is 1. The fraction of sp³-hybridized carbons (Fsp3) is 0.0476. The van der Waals surface area contributed by atoms with Gasteiger partial charge in [0.2, 0.25) is 0 Å². The van der Waals surface area contributed by atoms with Gasteiger partial charge in [0.25, 0.3) is 5.91 Å². The summed E-state index contributed by atoms with van der Waals surface area (Å²) in [5.41, 5.74) is 5.27. The highest BCUT2D eigenvalue weighted by Gasteiger charge is 2.15. The monoisotopic (exact) mass is 449 g/mol. The molecule has 1 amide bonds. The lowest BCUT2D eigenvalue weighted by Crippen LogP contribution is -2.23. The number of fused-ring (bicyclic) bond motifs is 1. The Morgan fingerprint density at radius 2 is 2.00 bits per heavy atom. The van der Waals surface area contributed by atoms with Crippen molar-refractivity contribution in [3.8, 4) is 17.3 Å². The molecule has 0 radical (unpaired) electrons. The Balaban J connectivity index is 1.58. The number of amides is 1. The van der Waals surface area contributed by atoms with Crippen molar-refractivity contribution in [2.45, 2.75) is 6.54 Å². The van der Waals surface area contributed by atoms with E-state index in [1.807, 2.05) is 42.5 Å². The SMILES string of the molecule is O=C(Cn1c(-c2ccccn2)nc2ccccc21)N/N=C\c1cc(Br)ccc1O. The van der Waals surface area contributed by atoms with E-state index in [0.717, 1.165) is 15.5 Å². The second-order valence-corrected chi connectivity index (χ2v) is 7.14. The van der Waals surface area contributed by atoms with E-state index >= 15 is 0 Å². The van der Waals surface area contributed by atoms with E-state index in [9.17, 15) is 9.90 Å². The fourth-order valence-corrected chi connectivity index (χ4v) is 3.29. The number of nitrogens with zero attached hydrogens (tertiary/aromatic N) is 4. The van der Waals surface area contributed by atoms with Crippen LogP contribution < -0.4 is 5.43 Å². The summed E-state index contributed by atoms with van der Waals surface area (Å²) in [6.45, 7) is 0.0221. The van der Waals surface area contributed by atoms with Gasteiger partial charge in [0.1, 0.15) is 18.0 Å². The van der Waals surface area contributed by atoms with Gasteiger partial charge in [0.05, 0.1) is 17.2 Å². The number of phenolic OH excluding ortho intramolecular Hbond substituents is 1. The van der Waals surface area contributed by atoms with Crippen LogP contribution in [0.5, 0.6) is 5.75 Å². The predicted molar refractivity (Wildman–Crippen MR) is 115 cm³/mol. The van der Waals surface area contributed by atoms with Gasteiger partial charge in [0, 0.05) is 16.2 Å². The van der Waals surface area contributed by atoms with Crippen LogP contribution in [-0.4, -0.2) is 31.8 Å². The molecule has 8 heteroatoms. The Kier molecular flexibility index (Phi) is 5.35. The second kappa shape index (κ2) is 8.24. The number of carbonyl (C=O) groups is 1. The van der Waals surface area contributed by atoms with Crippen molar-refractivity contribution in [2.24, 2.45) is 5.10 Å². The van der Waals surface area contributed by atoms with Crippen LogP contribution in [0.1, 0.15) is 5.56 Å². The lowest BCUT2D eigenvalue weighted by molar-refractivity contribution is -0.121. The van der Waals surface area contributed by atoms with Gasteiger partial charge in [-0.15, -0.1) is 0 Å². The molecule has 0 aliphatic carbocycles. The van der Waals surface area contributed by atoms with Gasteiger partial charge < -0.3 is 9.67 Å². The van der Waals surface area contributed by atoms with E-state index in [1.54, 1.807) is 29.0 Å². The largest absolute Gasteiger partial charge is 0.507 e. The summed E-state index contributed by atoms with van der Waals surface area (Å²) in [4.78, 5) is 21.5. The van der Waals surface area contributed by atoms with Crippen molar-refractivity contribution in [1.29, 1.82) is 0 Å². The van der Waals surface area contributed by atoms with Gasteiger partial charge in [-0.2, -0.15) is 5.10 Å². The lowest BCUT2D eigenvalue weighted by atomic mass is 10.2. The molecule has 0 saturated heterocycles. The first kappa shape index (κ1) is 18.8. The maximum absolute atomic E-state index is 12.5. The highest BCUT2D eigenvalue weighted by molar-refractivity contribution is 9.10. The van der Waals surface area contributed by atoms with Crippen LogP contribution in [0.15, 0.2) is 76.4 Å². The molecule has 2 N–H and O–H groups in total. The van der Waals surface area contributed by atoms with Crippen molar-refractivity contribution in [1.82, 2.24) is 20.0 Å². The second-order valence-electron chi connectivity index (χ2n) is 6.22. The molecule has 0 fully saturated rings. The zero-order chi connectivity index (χ0) is 20.2. The van der Waals surface area contributed by atoms with Crippen LogP contribution in [0, 0.1) is 0 Å². The summed E-state index contributed by atoms with van der Waals surface area (Å²) in [5.74, 6) is 0.357. The van der Waals surface area contributed by atoms with Crippen molar-refractivity contribution in [3.05, 3.63) is 76.9 Å². The van der Waals surface area contributed by atoms with Crippen molar-refractivity contribution in [3.63, 3.8) is 0 Å². The molecular weight excluding hydrogens is 434 g/mol. The molecule has 0 atom stereocenters. The highest BCUT2D eigenvalue weighted by atomic mass is 79.9. The number of aromatic hydroxyl groups is 1. The van der Waals surface area contributed by atoms with Crippen LogP contribution in [-0.2, 0) is 11.3 Å². The van der Waals surface area contributed by atoms with Crippen molar-refractivity contribution in [2.75, 3.05) is 0 Å². The average molecular weight is 450 g/mol. The Morgan fingerprint density at radius 1 is 1.17 bits per heavy atom. The summed E-state index contributed by atoms with van der Waals surface area (Å²) in [7, 11) is 0. The van der Waals surface area contributed by atoms with Gasteiger partial charge in [-0.25, -0.2) is 10.4 Å². The number of hydrogen-bond donors (Lipinski definition) is 2. The third kappa shape index (κ3) is 4.17. The minimum atomic E-state index is -0.323. The van der Waals surface area contributed by atoms with Crippen LogP contribution in [0.4, 0.5) is 0 Å². The molecule has 0 spiro atoms. The smallest absolute Gasteiger partial charge is 0.260 e. The van der Waals surface area contributed by atoms with E-state index in [4.69, 9.17) is 0 Å². The molecule has 7 nitrogen and oxygen atoms in total. The molecule has 0 unspecified atom stereocenters. The Bertz CT molecular complexity index is 1200. The number of nitrogens with one attached hydrogen (secondary N) is 1. The normalized spacial score (nSPS) is 11.2. The molecule has 144 valence electrons. The number of rotatable bonds is 5. The Morgan fingerprint density at radius 3 is 2.83 bits per heavy atom. The van der Waals surface area contributed by atoms with Crippen molar-refractivity contribution < 1.29 is 9.90 Å². The molecule has 0 bridgehead atoms. The van der Waals surface area contributed by atoms with E-state index < -0.39 is 0 Å². The lowest BCUT2D eigenvalue weighted by Gasteiger charge is -2.08. The zero-order valence-corrected chi connectivity index (χ0v) is 16.7. The van der Waals surface area contributed by atoms with E-state index in [1.165, 1.54) is 6.21 Å². The standard InChI is InChI=1S/C21H16BrN5O2/c22-15-8-9-19(28)14(11-15)12-24-26-20(29)13-27-18-7-2-1-5-16(18)25-21(27)17-6-3-4-10-23-17/h1-12,28H,13H2,(H,26,29)/b24-12-. The number of benzene rings is 2. The van der Waals surface area contributed by atoms with Crippen molar-refractivity contribution >= 4 is 39.1 Å². The quantitative estimate of drug-likeness (QED) is 0.358. The van der Waals surface area contributed by atoms with Gasteiger partial charge >= 0.3 is 0 Å². The van der Waals surface area contributed by atoms with Gasteiger partial charge in [-0.05, 0) is 42.5 Å². The van der Waals surface area contributed by atoms with E-state index in [0.29, 0.717) is 17.1 Å². The number of hydrogen-bond acceptors (Lipinski definition) is 5. The van der Waals surface area contributed by atoms with E-state index in [2.05, 4.69) is 36.4 Å². The first-order valence-corrected chi connectivity index (χ1v) is 9.58. The zero-order valence-electron chi connectivity index (χ0n) is 15.2. The molecule has 0 aliphatic rings. The van der Waals surface area contributed by atoms with Gasteiger partial charge in [0.15, 0.2) is 5.82 Å². The van der Waals surface area contributed by atoms with E-state index in [-0.39, 0.29) is 18.2 Å². The Labute approximate surface area is 174 Å². The first-order valence-electron chi connectivity index (χ1n) is 8.79. The number of halogens is 1. The van der Waals surface area contributed by atoms with Crippen LogP contribution in [0.25, 0.3) is 22.6 Å². The third-order valence-electron chi connectivity index (χ3n) is 4.23. The molecule has 29 heavy (non-hydrogen) atoms. The summed E-state index contributed by atoms with van der Waals surface area (Å²) < 4.78 is 2.60. The molecule has 2 aromatic heterocycles. The number of para-hydroxylation sites is 2. The highest BCUT2D eigenvalue weighted by Crippen LogP contribution is 2.23. The fourth-order valence-electron chi connectivity index (χ4n) is 2.91. The Hall–Kier alpha value is -3.52. The summed E-state index contributed by atoms with van der Waals surface area (Å²) in [6, 6.07) is 18.1. The summed E-state index contributed by atoms with van der Waals surface area (Å²) >= 11 is 3.33. The van der Waals surface area contributed by atoms with Crippen LogP contribution in [0.3, 0.4) is 0 Å². The number of hydrazone groups is 1. The van der Waals surface area contributed by atoms with Gasteiger partial charge in [-0.1, -0.05) is 34.1 Å². The third-order valence-corrected chi connectivity index (χ3v) is 4.73.